The van der Waals surface area contributed by atoms with E-state index in [2.05, 4.69) is 176 Å². The van der Waals surface area contributed by atoms with Crippen LogP contribution in [0.15, 0.2) is 97.2 Å². The van der Waals surface area contributed by atoms with Crippen LogP contribution < -0.4 is 4.74 Å². The van der Waals surface area contributed by atoms with E-state index in [0.717, 1.165) is 51.8 Å². The third-order valence-electron chi connectivity index (χ3n) is 10.5. The molecule has 0 spiro atoms. The quantitative estimate of drug-likeness (QED) is 0.150. The summed E-state index contributed by atoms with van der Waals surface area (Å²) in [7, 11) is 0. The minimum absolute atomic E-state index is 0.106. The Kier molecular flexibility index (Phi) is 9.57. The van der Waals surface area contributed by atoms with Crippen molar-refractivity contribution in [3.63, 3.8) is 0 Å². The van der Waals surface area contributed by atoms with Gasteiger partial charge in [-0.2, -0.15) is 5.10 Å². The molecule has 0 aliphatic carbocycles. The fourth-order valence-corrected chi connectivity index (χ4v) is 7.87. The van der Waals surface area contributed by atoms with Crippen molar-refractivity contribution in [2.45, 2.75) is 99.8 Å². The van der Waals surface area contributed by atoms with Crippen molar-refractivity contribution < 1.29 is 4.74 Å². The van der Waals surface area contributed by atoms with Crippen LogP contribution in [0.25, 0.3) is 44.4 Å². The molecule has 5 heteroatoms. The van der Waals surface area contributed by atoms with Crippen molar-refractivity contribution in [1.29, 1.82) is 0 Å². The number of rotatable bonds is 9. The molecule has 0 unspecified atom stereocenters. The van der Waals surface area contributed by atoms with Crippen LogP contribution >= 0.6 is 0 Å². The summed E-state index contributed by atoms with van der Waals surface area (Å²) in [6.07, 6.45) is 2.94. The molecule has 5 nitrogen and oxygen atoms in total. The normalized spacial score (nSPS) is 12.3. The molecule has 0 bridgehead atoms. The largest absolute Gasteiger partial charge is 0.457 e. The maximum atomic E-state index is 6.84. The molecule has 3 aromatic heterocycles. The molecule has 0 aliphatic rings. The molecule has 0 radical (unpaired) electrons. The summed E-state index contributed by atoms with van der Waals surface area (Å²) >= 11 is 0. The summed E-state index contributed by atoms with van der Waals surface area (Å²) in [5, 5.41) is 7.58. The molecule has 0 amide bonds. The average Bonchev–Trinajstić information content (AvgIpc) is 3.59. The number of benzene rings is 4. The van der Waals surface area contributed by atoms with E-state index in [9.17, 15) is 0 Å². The Labute approximate surface area is 315 Å². The lowest BCUT2D eigenvalue weighted by atomic mass is 9.84. The van der Waals surface area contributed by atoms with Crippen LogP contribution in [0.4, 0.5) is 0 Å². The Hall–Kier alpha value is -5.16. The van der Waals surface area contributed by atoms with E-state index >= 15 is 0 Å². The van der Waals surface area contributed by atoms with Gasteiger partial charge in [-0.15, -0.1) is 0 Å². The van der Waals surface area contributed by atoms with Crippen molar-refractivity contribution in [1.82, 2.24) is 19.3 Å². The minimum atomic E-state index is -0.106. The molecule has 53 heavy (non-hydrogen) atoms. The summed E-state index contributed by atoms with van der Waals surface area (Å²) in [6.45, 7) is 24.8. The highest BCUT2D eigenvalue weighted by Gasteiger charge is 2.24. The lowest BCUT2D eigenvalue weighted by molar-refractivity contribution is 0.478. The molecule has 0 N–H and O–H groups in total. The van der Waals surface area contributed by atoms with E-state index in [0.29, 0.717) is 17.8 Å². The van der Waals surface area contributed by atoms with Crippen molar-refractivity contribution in [3.8, 4) is 34.1 Å². The van der Waals surface area contributed by atoms with E-state index < -0.39 is 0 Å². The van der Waals surface area contributed by atoms with E-state index in [1.807, 2.05) is 6.20 Å². The van der Waals surface area contributed by atoms with Crippen molar-refractivity contribution >= 4 is 21.8 Å². The Bertz CT molecular complexity index is 2420. The Morgan fingerprint density at radius 3 is 2.06 bits per heavy atom. The second kappa shape index (κ2) is 14.0. The average molecular weight is 703 g/mol. The molecule has 3 heterocycles. The number of hydrogen-bond acceptors (Lipinski definition) is 3. The van der Waals surface area contributed by atoms with Gasteiger partial charge in [0.1, 0.15) is 17.3 Å². The second-order valence-corrected chi connectivity index (χ2v) is 16.8. The highest BCUT2D eigenvalue weighted by atomic mass is 16.5. The van der Waals surface area contributed by atoms with Crippen LogP contribution in [0, 0.1) is 19.8 Å². The van der Waals surface area contributed by atoms with Gasteiger partial charge >= 0.3 is 0 Å². The first kappa shape index (κ1) is 36.2. The molecule has 0 saturated heterocycles. The fourth-order valence-electron chi connectivity index (χ4n) is 7.87. The van der Waals surface area contributed by atoms with Gasteiger partial charge in [-0.3, -0.25) is 4.57 Å². The zero-order chi connectivity index (χ0) is 37.8. The zero-order valence-electron chi connectivity index (χ0n) is 33.4. The monoisotopic (exact) mass is 702 g/mol. The van der Waals surface area contributed by atoms with Crippen molar-refractivity contribution in [3.05, 3.63) is 131 Å². The summed E-state index contributed by atoms with van der Waals surface area (Å²) < 4.78 is 11.2. The summed E-state index contributed by atoms with van der Waals surface area (Å²) in [6, 6.07) is 32.7. The lowest BCUT2D eigenvalue weighted by Gasteiger charge is -2.22. The van der Waals surface area contributed by atoms with Crippen molar-refractivity contribution in [2.75, 3.05) is 0 Å². The number of hydrogen-bond donors (Lipinski definition) is 0. The molecule has 0 aliphatic heterocycles. The first-order valence-corrected chi connectivity index (χ1v) is 19.2. The standard InChI is InChI=1S/C48H54N4O/c1-29(2)23-34-21-22-49-45(24-34)51-43-18-13-12-15-41(43)42-20-19-37(28-44(42)51)53-38-26-35(48(9,10)11)25-36(27-38)52-33(8)46(32(7)50-52)47-39(30(3)4)16-14-17-40(47)31(5)6/h12-22,24-31H,23H2,1-11H3. The van der Waals surface area contributed by atoms with Crippen LogP contribution in [-0.4, -0.2) is 19.3 Å². The molecule has 272 valence electrons. The molecule has 7 aromatic rings. The fraction of sp³-hybridized carbons (Fsp3) is 0.333. The number of aromatic nitrogens is 4. The Balaban J connectivity index is 1.35. The van der Waals surface area contributed by atoms with Crippen LogP contribution in [0.3, 0.4) is 0 Å². The molecule has 0 fully saturated rings. The molecule has 0 saturated carbocycles. The number of fused-ring (bicyclic) bond motifs is 3. The zero-order valence-corrected chi connectivity index (χ0v) is 33.4. The molecule has 4 aromatic carbocycles. The van der Waals surface area contributed by atoms with E-state index in [1.54, 1.807) is 0 Å². The molecule has 7 rings (SSSR count). The van der Waals surface area contributed by atoms with Crippen molar-refractivity contribution in [2.24, 2.45) is 5.92 Å². The maximum Gasteiger partial charge on any atom is 0.137 e. The topological polar surface area (TPSA) is 44.9 Å². The molecule has 0 atom stereocenters. The number of para-hydroxylation sites is 1. The molecular weight excluding hydrogens is 649 g/mol. The smallest absolute Gasteiger partial charge is 0.137 e. The number of ether oxygens (including phenoxy) is 1. The van der Waals surface area contributed by atoms with Crippen LogP contribution in [0.1, 0.15) is 108 Å². The number of pyridine rings is 1. The van der Waals surface area contributed by atoms with Gasteiger partial charge in [0.15, 0.2) is 0 Å². The van der Waals surface area contributed by atoms with Gasteiger partial charge in [0.25, 0.3) is 0 Å². The van der Waals surface area contributed by atoms with Gasteiger partial charge in [0, 0.05) is 40.4 Å². The van der Waals surface area contributed by atoms with Gasteiger partial charge in [-0.25, -0.2) is 9.67 Å². The second-order valence-electron chi connectivity index (χ2n) is 16.8. The predicted octanol–water partition coefficient (Wildman–Crippen LogP) is 13.2. The van der Waals surface area contributed by atoms with Gasteiger partial charge in [-0.05, 0) is 114 Å². The first-order chi connectivity index (χ1) is 25.2. The van der Waals surface area contributed by atoms with Gasteiger partial charge < -0.3 is 4.74 Å². The maximum absolute atomic E-state index is 6.84. The summed E-state index contributed by atoms with van der Waals surface area (Å²) in [4.78, 5) is 4.87. The van der Waals surface area contributed by atoms with Crippen LogP contribution in [0.5, 0.6) is 11.5 Å². The highest BCUT2D eigenvalue weighted by molar-refractivity contribution is 6.09. The first-order valence-electron chi connectivity index (χ1n) is 19.2. The van der Waals surface area contributed by atoms with E-state index in [-0.39, 0.29) is 5.41 Å². The highest BCUT2D eigenvalue weighted by Crippen LogP contribution is 2.41. The summed E-state index contributed by atoms with van der Waals surface area (Å²) in [5.41, 5.74) is 13.0. The minimum Gasteiger partial charge on any atom is -0.457 e. The van der Waals surface area contributed by atoms with E-state index in [1.165, 1.54) is 44.2 Å². The third-order valence-corrected chi connectivity index (χ3v) is 10.5. The van der Waals surface area contributed by atoms with Crippen LogP contribution in [0.2, 0.25) is 0 Å². The lowest BCUT2D eigenvalue weighted by Crippen LogP contribution is -2.12. The number of nitrogens with zero attached hydrogens (tertiary/aromatic N) is 4. The van der Waals surface area contributed by atoms with Gasteiger partial charge in [0.05, 0.1) is 22.4 Å². The van der Waals surface area contributed by atoms with Gasteiger partial charge in [0.2, 0.25) is 0 Å². The SMILES string of the molecule is Cc1nn(-c2cc(Oc3ccc4c5ccccc5n(-c5cc(CC(C)C)ccn5)c4c3)cc(C(C)(C)C)c2)c(C)c1-c1c(C(C)C)cccc1C(C)C. The number of aryl methyl sites for hydroxylation is 1. The van der Waals surface area contributed by atoms with E-state index in [4.69, 9.17) is 14.8 Å². The predicted molar refractivity (Wildman–Crippen MR) is 223 cm³/mol. The Morgan fingerprint density at radius 2 is 1.38 bits per heavy atom. The van der Waals surface area contributed by atoms with Crippen LogP contribution in [-0.2, 0) is 11.8 Å². The van der Waals surface area contributed by atoms with Gasteiger partial charge in [-0.1, -0.05) is 98.7 Å². The molecular formula is C48H54N4O. The Morgan fingerprint density at radius 1 is 0.679 bits per heavy atom. The third kappa shape index (κ3) is 6.90. The summed E-state index contributed by atoms with van der Waals surface area (Å²) in [5.74, 6) is 3.83.